The van der Waals surface area contributed by atoms with Crippen LogP contribution in [0.25, 0.3) is 44.1 Å². The standard InChI is InChI=1S/C27H20F4N6O3.C26H20ClFN6O3.C26H20F2N6O3.C25H20Cl2FN5O3/c28-21-12-18(35-26(38)34-17-2-1-16(14-32)20(11-17)27(29,30)31)3-6-24(21)40-19-4-5-22-23(13-19)36-25(15-33-22)37-7-9-39-10-8-37;2*27-20-11-17(2-1-16(20)14-29)31-26(35)32-18-3-6-24(21(28)12-18)37-19-4-5-22-23(13-19)33-25(15-30-22)34-7-9-36-10-8-34;26-18-4-1-15(11-19(18)27)30-25(34)31-16-2-6-23(20(28)12-16)36-17-3-5-21-22(13-17)32-24(14-29-21)33-7-9-35-10-8-33/h1-6,11-13,15H,7-10H2,(H2,34,35,38);2*1-6,11-13,15H,7-10H2,(H2,31,32,35);1-6,11-14H,7-10H2,(H2,30,31,34). The summed E-state index contributed by atoms with van der Waals surface area (Å²) in [5.41, 5.74) is 4.98. The van der Waals surface area contributed by atoms with Gasteiger partial charge in [-0.15, -0.1) is 0 Å². The van der Waals surface area contributed by atoms with E-state index < -0.39 is 70.5 Å². The number of anilines is 12. The van der Waals surface area contributed by atoms with Gasteiger partial charge in [0.2, 0.25) is 0 Å². The maximum atomic E-state index is 14.8. The van der Waals surface area contributed by atoms with Crippen molar-refractivity contribution in [3.63, 3.8) is 0 Å². The molecule has 4 aromatic heterocycles. The summed E-state index contributed by atoms with van der Waals surface area (Å²) in [6.45, 7) is 10.8. The Morgan fingerprint density at radius 2 is 0.533 bits per heavy atom. The van der Waals surface area contributed by atoms with Gasteiger partial charge in [0.1, 0.15) is 64.2 Å². The maximum Gasteiger partial charge on any atom is 0.417 e. The molecule has 12 aromatic carbocycles. The lowest BCUT2D eigenvalue weighted by Crippen LogP contribution is -2.36. The number of ether oxygens (including phenoxy) is 8. The molecule has 4 aliphatic rings. The first-order valence-corrected chi connectivity index (χ1v) is 46.8. The molecule has 8 amide bonds. The lowest BCUT2D eigenvalue weighted by Gasteiger charge is -2.27. The normalized spacial score (nSPS) is 13.3. The van der Waals surface area contributed by atoms with Crippen LogP contribution >= 0.6 is 34.8 Å². The molecule has 0 unspecified atom stereocenters. The molecule has 4 fully saturated rings. The van der Waals surface area contributed by atoms with Crippen LogP contribution < -0.4 is 81.1 Å². The quantitative estimate of drug-likeness (QED) is 0.0329. The SMILES string of the molecule is N#Cc1ccc(NC(=O)Nc2ccc(Oc3ccc4ncc(N5CCOCC5)nc4c3)c(F)c2)cc1C(F)(F)F.N#Cc1ccc(NC(=O)Nc2ccc(Oc3ccc4ncc(N5CCOCC5)nc4c3)c(F)c2)cc1Cl.N#Cc1ccc(NC(=O)Nc2ccc(Oc3ccc4ncc(N5CCOCC5)nc4c3)c(F)c2)cc1F.O=C(Nc1ccc(Oc2ccc3ncc(N4CCOCC4)nc3c2)c(F)c1)Nc1ccc(Cl)c(Cl)c1. The Balaban J connectivity index is 0.000000136. The number of alkyl halides is 3. The summed E-state index contributed by atoms with van der Waals surface area (Å²) >= 11 is 17.8. The Kier molecular flexibility index (Phi) is 33.1. The van der Waals surface area contributed by atoms with E-state index in [4.69, 9.17) is 88.5 Å². The number of hydrogen-bond acceptors (Lipinski definition) is 27. The average molecular weight is 2100 g/mol. The topological polar surface area (TPSA) is 426 Å². The number of morpholine rings is 4. The molecule has 150 heavy (non-hydrogen) atoms. The first kappa shape index (κ1) is 104. The van der Waals surface area contributed by atoms with E-state index >= 15 is 0 Å². The highest BCUT2D eigenvalue weighted by Gasteiger charge is 2.35. The lowest BCUT2D eigenvalue weighted by molar-refractivity contribution is -0.137. The highest BCUT2D eigenvalue weighted by molar-refractivity contribution is 6.42. The molecule has 4 saturated heterocycles. The fraction of sp³-hybridized carbons (Fsp3) is 0.163. The fourth-order valence-electron chi connectivity index (χ4n) is 15.2. The van der Waals surface area contributed by atoms with Crippen LogP contribution in [-0.4, -0.2) is 169 Å². The van der Waals surface area contributed by atoms with E-state index in [1.165, 1.54) is 91.0 Å². The summed E-state index contributed by atoms with van der Waals surface area (Å²) in [6, 6.07) is 54.1. The molecular weight excluding hydrogens is 2020 g/mol. The van der Waals surface area contributed by atoms with Gasteiger partial charge >= 0.3 is 30.3 Å². The van der Waals surface area contributed by atoms with Crippen LogP contribution in [0, 0.1) is 63.1 Å². The third kappa shape index (κ3) is 27.2. The second kappa shape index (κ2) is 48.0. The monoisotopic (exact) mass is 2100 g/mol. The predicted octanol–water partition coefficient (Wildman–Crippen LogP) is 22.9. The number of urea groups is 4. The number of carbonyl (C=O) groups excluding carboxylic acids is 4. The number of nitrogens with one attached hydrogen (secondary N) is 8. The van der Waals surface area contributed by atoms with Crippen molar-refractivity contribution in [2.75, 3.05) is 167 Å². The van der Waals surface area contributed by atoms with Gasteiger partial charge < -0.3 is 100 Å². The third-order valence-electron chi connectivity index (χ3n) is 22.6. The number of hydrogen-bond donors (Lipinski definition) is 8. The van der Waals surface area contributed by atoms with Crippen LogP contribution in [0.3, 0.4) is 0 Å². The van der Waals surface area contributed by atoms with E-state index in [1.807, 2.05) is 6.07 Å². The molecule has 35 nitrogen and oxygen atoms in total. The number of fused-ring (bicyclic) bond motifs is 4. The van der Waals surface area contributed by atoms with Gasteiger partial charge in [-0.05, 0) is 170 Å². The summed E-state index contributed by atoms with van der Waals surface area (Å²) < 4.78 is 157. The third-order valence-corrected chi connectivity index (χ3v) is 23.6. The summed E-state index contributed by atoms with van der Waals surface area (Å²) in [4.78, 5) is 93.9. The number of amides is 8. The first-order valence-electron chi connectivity index (χ1n) is 45.7. The second-order valence-electron chi connectivity index (χ2n) is 32.8. The fourth-order valence-corrected chi connectivity index (χ4v) is 15.7. The van der Waals surface area contributed by atoms with Crippen LogP contribution in [0.4, 0.5) is 123 Å². The molecule has 0 bridgehead atoms. The zero-order valence-corrected chi connectivity index (χ0v) is 80.4. The smallest absolute Gasteiger partial charge is 0.417 e. The molecule has 0 atom stereocenters. The van der Waals surface area contributed by atoms with E-state index in [-0.39, 0.29) is 67.7 Å². The first-order chi connectivity index (χ1) is 72.6. The van der Waals surface area contributed by atoms with Crippen LogP contribution in [0.2, 0.25) is 15.1 Å². The highest BCUT2D eigenvalue weighted by atomic mass is 35.5. The van der Waals surface area contributed by atoms with Gasteiger partial charge in [0.05, 0.1) is 165 Å². The van der Waals surface area contributed by atoms with Crippen molar-refractivity contribution in [3.05, 3.63) is 310 Å². The van der Waals surface area contributed by atoms with E-state index in [0.717, 1.165) is 93.1 Å². The number of rotatable bonds is 20. The number of benzene rings is 12. The molecule has 0 radical (unpaired) electrons. The summed E-state index contributed by atoms with van der Waals surface area (Å²) in [6.07, 6.45) is 2.09. The van der Waals surface area contributed by atoms with Crippen molar-refractivity contribution in [2.24, 2.45) is 0 Å². The Morgan fingerprint density at radius 3 is 0.793 bits per heavy atom. The molecule has 46 heteroatoms. The zero-order valence-electron chi connectivity index (χ0n) is 78.2. The molecule has 0 spiro atoms. The van der Waals surface area contributed by atoms with Crippen LogP contribution in [-0.2, 0) is 25.1 Å². The van der Waals surface area contributed by atoms with E-state index in [9.17, 15) is 54.3 Å². The van der Waals surface area contributed by atoms with E-state index in [1.54, 1.807) is 122 Å². The number of nitrogens with zero attached hydrogens (tertiary/aromatic N) is 15. The molecule has 0 aliphatic carbocycles. The van der Waals surface area contributed by atoms with Gasteiger partial charge in [0, 0.05) is 146 Å². The van der Waals surface area contributed by atoms with E-state index in [0.29, 0.717) is 172 Å². The van der Waals surface area contributed by atoms with Gasteiger partial charge in [-0.1, -0.05) is 34.8 Å². The molecule has 760 valence electrons. The van der Waals surface area contributed by atoms with Crippen LogP contribution in [0.1, 0.15) is 22.3 Å². The maximum absolute atomic E-state index is 14.8. The molecule has 0 saturated carbocycles. The van der Waals surface area contributed by atoms with Gasteiger partial charge in [-0.25, -0.2) is 61.1 Å². The Hall–Kier alpha value is -17.9. The van der Waals surface area contributed by atoms with Crippen molar-refractivity contribution in [1.82, 2.24) is 39.9 Å². The minimum absolute atomic E-state index is 0.00193. The highest BCUT2D eigenvalue weighted by Crippen LogP contribution is 2.39. The van der Waals surface area contributed by atoms with Gasteiger partial charge in [0.25, 0.3) is 0 Å². The molecular formula is C104H80Cl3F8N23O12. The summed E-state index contributed by atoms with van der Waals surface area (Å²) in [5, 5.41) is 47.3. The average Bonchev–Trinajstić information content (AvgIpc) is 0.814. The number of aromatic nitrogens is 8. The minimum atomic E-state index is -4.78. The Morgan fingerprint density at radius 1 is 0.287 bits per heavy atom. The molecule has 8 heterocycles. The van der Waals surface area contributed by atoms with Crippen LogP contribution in [0.5, 0.6) is 46.0 Å². The summed E-state index contributed by atoms with van der Waals surface area (Å²) in [7, 11) is 0. The predicted molar refractivity (Wildman–Crippen MR) is 547 cm³/mol. The number of nitriles is 3. The Bertz CT molecular complexity index is 7690. The summed E-state index contributed by atoms with van der Waals surface area (Å²) in [5.74, 6) is 0.710. The largest absolute Gasteiger partial charge is 0.454 e. The van der Waals surface area contributed by atoms with Crippen molar-refractivity contribution < 1.29 is 92.2 Å². The van der Waals surface area contributed by atoms with Crippen molar-refractivity contribution in [2.45, 2.75) is 6.18 Å². The molecule has 16 aromatic rings. The minimum Gasteiger partial charge on any atom is -0.454 e. The zero-order chi connectivity index (χ0) is 105. The van der Waals surface area contributed by atoms with E-state index in [2.05, 4.69) is 102 Å². The number of halogens is 11. The molecule has 4 aliphatic heterocycles. The van der Waals surface area contributed by atoms with Crippen molar-refractivity contribution in [3.8, 4) is 64.2 Å². The number of carbonyl (C=O) groups is 4. The second-order valence-corrected chi connectivity index (χ2v) is 34.1. The van der Waals surface area contributed by atoms with Crippen molar-refractivity contribution in [1.29, 1.82) is 15.8 Å². The van der Waals surface area contributed by atoms with Gasteiger partial charge in [0.15, 0.2) is 46.3 Å². The molecule has 20 rings (SSSR count). The van der Waals surface area contributed by atoms with Crippen molar-refractivity contribution >= 4 is 172 Å². The van der Waals surface area contributed by atoms with Crippen LogP contribution in [0.15, 0.2) is 243 Å². The van der Waals surface area contributed by atoms with Gasteiger partial charge in [-0.3, -0.25) is 19.9 Å². The lowest BCUT2D eigenvalue weighted by atomic mass is 10.1. The molecule has 8 N–H and O–H groups in total. The Labute approximate surface area is 862 Å². The van der Waals surface area contributed by atoms with Gasteiger partial charge in [-0.2, -0.15) is 29.0 Å².